The molecule has 0 aliphatic carbocycles. The molecule has 30 heavy (non-hydrogen) atoms. The molecule has 0 saturated heterocycles. The van der Waals surface area contributed by atoms with E-state index in [9.17, 15) is 14.4 Å². The second-order valence-corrected chi connectivity index (χ2v) is 6.58. The van der Waals surface area contributed by atoms with Gasteiger partial charge in [0, 0.05) is 36.0 Å². The number of amides is 2. The number of carbonyl (C=O) groups excluding carboxylic acids is 3. The van der Waals surface area contributed by atoms with Crippen molar-refractivity contribution in [1.29, 1.82) is 0 Å². The molecule has 2 amide bonds. The number of hydrogen-bond donors (Lipinski definition) is 3. The van der Waals surface area contributed by atoms with Crippen LogP contribution in [-0.4, -0.2) is 17.8 Å². The number of hydrogen-bond acceptors (Lipinski definition) is 5. The Morgan fingerprint density at radius 2 is 1.57 bits per heavy atom. The molecular weight excluding hydrogens is 382 g/mol. The average molecular weight is 403 g/mol. The molecule has 0 saturated carbocycles. The van der Waals surface area contributed by atoms with Gasteiger partial charge >= 0.3 is 5.97 Å². The summed E-state index contributed by atoms with van der Waals surface area (Å²) in [4.78, 5) is 35.6. The highest BCUT2D eigenvalue weighted by Gasteiger charge is 2.09. The Morgan fingerprint density at radius 1 is 0.867 bits per heavy atom. The number of nitrogens with one attached hydrogen (secondary N) is 2. The molecule has 0 aliphatic rings. The third-order valence-corrected chi connectivity index (χ3v) is 4.20. The van der Waals surface area contributed by atoms with E-state index >= 15 is 0 Å². The lowest BCUT2D eigenvalue weighted by molar-refractivity contribution is -0.131. The molecule has 7 heteroatoms. The molecule has 3 rings (SSSR count). The molecule has 0 heterocycles. The quantitative estimate of drug-likeness (QED) is 0.332. The minimum absolute atomic E-state index is 0.233. The van der Waals surface area contributed by atoms with Gasteiger partial charge in [-0.2, -0.15) is 0 Å². The van der Waals surface area contributed by atoms with Gasteiger partial charge in [0.05, 0.1) is 0 Å². The van der Waals surface area contributed by atoms with Gasteiger partial charge in [-0.3, -0.25) is 14.4 Å². The fraction of sp³-hybridized carbons (Fsp3) is 0.0870. The van der Waals surface area contributed by atoms with Gasteiger partial charge in [-0.15, -0.1) is 0 Å². The average Bonchev–Trinajstić information content (AvgIpc) is 2.73. The van der Waals surface area contributed by atoms with Crippen molar-refractivity contribution < 1.29 is 19.1 Å². The number of benzene rings is 3. The van der Waals surface area contributed by atoms with Crippen LogP contribution in [0.15, 0.2) is 72.8 Å². The van der Waals surface area contributed by atoms with Gasteiger partial charge in [0.15, 0.2) is 0 Å². The lowest BCUT2D eigenvalue weighted by Crippen LogP contribution is -2.22. The van der Waals surface area contributed by atoms with Crippen LogP contribution in [-0.2, 0) is 11.3 Å². The largest absolute Gasteiger partial charge is 0.427 e. The minimum Gasteiger partial charge on any atom is -0.427 e. The standard InChI is InChI=1S/C23H21N3O4/c1-15(27)30-21-4-2-3-18(13-21)22(28)25-14-16-5-11-20(12-6-16)26-23(29)17-7-9-19(24)10-8-17/h2-13H,14,24H2,1H3,(H,25,28)(H,26,29). The van der Waals surface area contributed by atoms with Crippen molar-refractivity contribution in [3.63, 3.8) is 0 Å². The molecule has 3 aromatic rings. The maximum absolute atomic E-state index is 12.3. The molecule has 152 valence electrons. The van der Waals surface area contributed by atoms with Gasteiger partial charge in [-0.1, -0.05) is 18.2 Å². The van der Waals surface area contributed by atoms with E-state index in [0.29, 0.717) is 34.8 Å². The summed E-state index contributed by atoms with van der Waals surface area (Å²) >= 11 is 0. The second kappa shape index (κ2) is 9.38. The van der Waals surface area contributed by atoms with Crippen molar-refractivity contribution in [2.75, 3.05) is 11.1 Å². The molecule has 0 unspecified atom stereocenters. The van der Waals surface area contributed by atoms with Gasteiger partial charge in [-0.05, 0) is 60.2 Å². The number of rotatable bonds is 6. The number of ether oxygens (including phenoxy) is 1. The van der Waals surface area contributed by atoms with Crippen molar-refractivity contribution in [2.45, 2.75) is 13.5 Å². The zero-order valence-electron chi connectivity index (χ0n) is 16.3. The summed E-state index contributed by atoms with van der Waals surface area (Å²) in [5.41, 5.74) is 8.63. The first kappa shape index (κ1) is 20.6. The van der Waals surface area contributed by atoms with Crippen LogP contribution in [0.2, 0.25) is 0 Å². The summed E-state index contributed by atoms with van der Waals surface area (Å²) in [5, 5.41) is 5.62. The highest BCUT2D eigenvalue weighted by Crippen LogP contribution is 2.15. The first-order chi connectivity index (χ1) is 14.4. The fourth-order valence-electron chi connectivity index (χ4n) is 2.69. The molecule has 0 fully saturated rings. The van der Waals surface area contributed by atoms with Crippen molar-refractivity contribution in [3.8, 4) is 5.75 Å². The van der Waals surface area contributed by atoms with Crippen molar-refractivity contribution >= 4 is 29.2 Å². The summed E-state index contributed by atoms with van der Waals surface area (Å²) in [6.45, 7) is 1.61. The summed E-state index contributed by atoms with van der Waals surface area (Å²) in [5.74, 6) is -0.652. The number of carbonyl (C=O) groups is 3. The Bertz CT molecular complexity index is 1060. The van der Waals surface area contributed by atoms with Crippen LogP contribution >= 0.6 is 0 Å². The highest BCUT2D eigenvalue weighted by atomic mass is 16.5. The Kier molecular flexibility index (Phi) is 6.44. The lowest BCUT2D eigenvalue weighted by Gasteiger charge is -2.09. The van der Waals surface area contributed by atoms with E-state index in [0.717, 1.165) is 5.56 Å². The Balaban J connectivity index is 1.55. The molecule has 0 aromatic heterocycles. The van der Waals surface area contributed by atoms with E-state index in [-0.39, 0.29) is 11.8 Å². The number of esters is 1. The Labute approximate surface area is 173 Å². The molecule has 0 bridgehead atoms. The molecule has 4 N–H and O–H groups in total. The van der Waals surface area contributed by atoms with Crippen molar-refractivity contribution in [2.24, 2.45) is 0 Å². The summed E-state index contributed by atoms with van der Waals surface area (Å²) < 4.78 is 4.99. The summed E-state index contributed by atoms with van der Waals surface area (Å²) in [6.07, 6.45) is 0. The van der Waals surface area contributed by atoms with Gasteiger partial charge in [0.2, 0.25) is 0 Å². The van der Waals surface area contributed by atoms with Crippen molar-refractivity contribution in [1.82, 2.24) is 5.32 Å². The van der Waals surface area contributed by atoms with Gasteiger partial charge in [0.1, 0.15) is 5.75 Å². The van der Waals surface area contributed by atoms with E-state index in [1.54, 1.807) is 54.6 Å². The number of nitrogen functional groups attached to an aromatic ring is 1. The molecule has 3 aromatic carbocycles. The highest BCUT2D eigenvalue weighted by molar-refractivity contribution is 6.04. The third kappa shape index (κ3) is 5.68. The van der Waals surface area contributed by atoms with Crippen molar-refractivity contribution in [3.05, 3.63) is 89.5 Å². The van der Waals surface area contributed by atoms with Crippen LogP contribution in [0.25, 0.3) is 0 Å². The van der Waals surface area contributed by atoms with E-state index in [1.807, 2.05) is 12.1 Å². The van der Waals surface area contributed by atoms with E-state index in [1.165, 1.54) is 13.0 Å². The van der Waals surface area contributed by atoms with Crippen LogP contribution in [0.5, 0.6) is 5.75 Å². The molecule has 0 radical (unpaired) electrons. The SMILES string of the molecule is CC(=O)Oc1cccc(C(=O)NCc2ccc(NC(=O)c3ccc(N)cc3)cc2)c1. The topological polar surface area (TPSA) is 111 Å². The maximum Gasteiger partial charge on any atom is 0.308 e. The van der Waals surface area contributed by atoms with Gasteiger partial charge in [-0.25, -0.2) is 0 Å². The maximum atomic E-state index is 12.3. The third-order valence-electron chi connectivity index (χ3n) is 4.20. The second-order valence-electron chi connectivity index (χ2n) is 6.58. The fourth-order valence-corrected chi connectivity index (χ4v) is 2.69. The van der Waals surface area contributed by atoms with Crippen LogP contribution in [0.3, 0.4) is 0 Å². The van der Waals surface area contributed by atoms with E-state index in [2.05, 4.69) is 10.6 Å². The first-order valence-corrected chi connectivity index (χ1v) is 9.23. The monoisotopic (exact) mass is 403 g/mol. The smallest absolute Gasteiger partial charge is 0.308 e. The predicted octanol–water partition coefficient (Wildman–Crippen LogP) is 3.38. The summed E-state index contributed by atoms with van der Waals surface area (Å²) in [6, 6.07) is 20.2. The number of nitrogens with two attached hydrogens (primary N) is 1. The van der Waals surface area contributed by atoms with Gasteiger partial charge < -0.3 is 21.1 Å². The van der Waals surface area contributed by atoms with Crippen LogP contribution < -0.4 is 21.1 Å². The molecule has 0 aliphatic heterocycles. The lowest BCUT2D eigenvalue weighted by atomic mass is 10.1. The zero-order valence-corrected chi connectivity index (χ0v) is 16.3. The first-order valence-electron chi connectivity index (χ1n) is 9.23. The van der Waals surface area contributed by atoms with E-state index < -0.39 is 5.97 Å². The zero-order chi connectivity index (χ0) is 21.5. The minimum atomic E-state index is -0.448. The Morgan fingerprint density at radius 3 is 2.23 bits per heavy atom. The van der Waals surface area contributed by atoms with Crippen LogP contribution in [0.1, 0.15) is 33.2 Å². The van der Waals surface area contributed by atoms with Gasteiger partial charge in [0.25, 0.3) is 11.8 Å². The predicted molar refractivity (Wildman–Crippen MR) is 114 cm³/mol. The molecule has 7 nitrogen and oxygen atoms in total. The van der Waals surface area contributed by atoms with Crippen LogP contribution in [0.4, 0.5) is 11.4 Å². The van der Waals surface area contributed by atoms with E-state index in [4.69, 9.17) is 10.5 Å². The molecular formula is C23H21N3O4. The molecule has 0 spiro atoms. The Hall–Kier alpha value is -4.13. The normalized spacial score (nSPS) is 10.2. The van der Waals surface area contributed by atoms with Crippen LogP contribution in [0, 0.1) is 0 Å². The molecule has 0 atom stereocenters. The number of anilines is 2. The summed E-state index contributed by atoms with van der Waals surface area (Å²) in [7, 11) is 0.